The maximum absolute atomic E-state index is 6.60. The van der Waals surface area contributed by atoms with Gasteiger partial charge in [0.25, 0.3) is 0 Å². The van der Waals surface area contributed by atoms with Crippen molar-refractivity contribution >= 4 is 27.8 Å². The van der Waals surface area contributed by atoms with Crippen LogP contribution >= 0.6 is 0 Å². The molecule has 1 atom stereocenters. The molecular formula is C35H43N2O+. The van der Waals surface area contributed by atoms with Crippen molar-refractivity contribution in [3.05, 3.63) is 66.0 Å². The van der Waals surface area contributed by atoms with Crippen LogP contribution in [0.25, 0.3) is 39.0 Å². The highest BCUT2D eigenvalue weighted by Crippen LogP contribution is 2.46. The molecule has 4 aromatic rings. The molecule has 3 aliphatic rings. The van der Waals surface area contributed by atoms with Gasteiger partial charge in [0.05, 0.1) is 5.56 Å². The standard InChI is InChI=1S/C35H43N2O/c1-6-7-28-13-15-30-31-14-8-23(4)36-35(31)38-34(30)33(28)32-21-26(16-17-37(32)24(5)18-22(2)3)20-29-19-25-9-11-27(29)12-10-25/h8,13-17,21-22,25,27,29H,5-7,9-12,18-20H2,1-4H3/q+1. The zero-order valence-corrected chi connectivity index (χ0v) is 23.7. The second-order valence-corrected chi connectivity index (χ2v) is 12.6. The van der Waals surface area contributed by atoms with Gasteiger partial charge in [-0.3, -0.25) is 0 Å². The number of pyridine rings is 2. The quantitative estimate of drug-likeness (QED) is 0.223. The van der Waals surface area contributed by atoms with Gasteiger partial charge in [-0.1, -0.05) is 52.2 Å². The van der Waals surface area contributed by atoms with Gasteiger partial charge >= 0.3 is 0 Å². The highest BCUT2D eigenvalue weighted by atomic mass is 16.3. The summed E-state index contributed by atoms with van der Waals surface area (Å²) in [5.74, 6) is 3.25. The molecule has 0 amide bonds. The molecule has 0 spiro atoms. The lowest BCUT2D eigenvalue weighted by Gasteiger charge is -2.42. The lowest BCUT2D eigenvalue weighted by molar-refractivity contribution is -0.571. The molecule has 3 aliphatic carbocycles. The summed E-state index contributed by atoms with van der Waals surface area (Å²) in [6.07, 6.45) is 13.7. The van der Waals surface area contributed by atoms with E-state index in [4.69, 9.17) is 9.40 Å². The Kier molecular flexibility index (Phi) is 6.88. The normalized spacial score (nSPS) is 21.1. The first kappa shape index (κ1) is 25.3. The second-order valence-electron chi connectivity index (χ2n) is 12.6. The van der Waals surface area contributed by atoms with Crippen LogP contribution in [-0.4, -0.2) is 4.98 Å². The van der Waals surface area contributed by atoms with Crippen molar-refractivity contribution in [3.8, 4) is 11.3 Å². The zero-order valence-electron chi connectivity index (χ0n) is 23.7. The molecule has 3 heterocycles. The van der Waals surface area contributed by atoms with Crippen LogP contribution in [-0.2, 0) is 12.8 Å². The summed E-state index contributed by atoms with van der Waals surface area (Å²) >= 11 is 0. The minimum absolute atomic E-state index is 0.546. The zero-order chi connectivity index (χ0) is 26.4. The molecule has 1 aromatic carbocycles. The third-order valence-corrected chi connectivity index (χ3v) is 9.20. The monoisotopic (exact) mass is 507 g/mol. The summed E-state index contributed by atoms with van der Waals surface area (Å²) in [6, 6.07) is 13.6. The number of aromatic nitrogens is 2. The van der Waals surface area contributed by atoms with Crippen LogP contribution in [0.4, 0.5) is 0 Å². The number of furan rings is 1. The van der Waals surface area contributed by atoms with Crippen LogP contribution in [0.1, 0.15) is 82.5 Å². The molecule has 1 unspecified atom stereocenters. The van der Waals surface area contributed by atoms with Gasteiger partial charge in [0.1, 0.15) is 0 Å². The molecular weight excluding hydrogens is 464 g/mol. The number of hydrogen-bond acceptors (Lipinski definition) is 2. The number of nitrogens with zero attached hydrogens (tertiary/aromatic N) is 2. The molecule has 3 aromatic heterocycles. The number of aryl methyl sites for hydroxylation is 2. The minimum atomic E-state index is 0.546. The van der Waals surface area contributed by atoms with Crippen molar-refractivity contribution in [2.75, 3.05) is 0 Å². The van der Waals surface area contributed by atoms with Gasteiger partial charge in [-0.25, -0.2) is 4.98 Å². The minimum Gasteiger partial charge on any atom is -0.437 e. The van der Waals surface area contributed by atoms with Gasteiger partial charge in [-0.05, 0) is 92.5 Å². The molecule has 3 heteroatoms. The average Bonchev–Trinajstić information content (AvgIpc) is 3.26. The van der Waals surface area contributed by atoms with Crippen molar-refractivity contribution in [1.82, 2.24) is 4.98 Å². The number of rotatable bonds is 8. The highest BCUT2D eigenvalue weighted by molar-refractivity contribution is 6.08. The van der Waals surface area contributed by atoms with E-state index < -0.39 is 0 Å². The predicted molar refractivity (Wildman–Crippen MR) is 158 cm³/mol. The van der Waals surface area contributed by atoms with Gasteiger partial charge in [0.2, 0.25) is 11.4 Å². The fourth-order valence-corrected chi connectivity index (χ4v) is 7.39. The van der Waals surface area contributed by atoms with Crippen molar-refractivity contribution in [1.29, 1.82) is 0 Å². The second kappa shape index (κ2) is 10.3. The lowest BCUT2D eigenvalue weighted by Crippen LogP contribution is -2.36. The third-order valence-electron chi connectivity index (χ3n) is 9.20. The van der Waals surface area contributed by atoms with Gasteiger partial charge in [-0.2, -0.15) is 4.57 Å². The molecule has 0 N–H and O–H groups in total. The first-order valence-electron chi connectivity index (χ1n) is 15.0. The van der Waals surface area contributed by atoms with Crippen LogP contribution in [0.3, 0.4) is 0 Å². The summed E-state index contributed by atoms with van der Waals surface area (Å²) in [5.41, 5.74) is 9.06. The topological polar surface area (TPSA) is 29.9 Å². The largest absolute Gasteiger partial charge is 0.437 e. The van der Waals surface area contributed by atoms with E-state index in [0.29, 0.717) is 5.92 Å². The molecule has 0 saturated heterocycles. The molecule has 3 saturated carbocycles. The fourth-order valence-electron chi connectivity index (χ4n) is 7.39. The Labute approximate surface area is 228 Å². The molecule has 0 radical (unpaired) electrons. The van der Waals surface area contributed by atoms with E-state index in [1.54, 1.807) is 0 Å². The van der Waals surface area contributed by atoms with Crippen LogP contribution in [0.5, 0.6) is 0 Å². The van der Waals surface area contributed by atoms with Gasteiger partial charge in [0.15, 0.2) is 17.5 Å². The van der Waals surface area contributed by atoms with E-state index in [1.807, 2.05) is 6.92 Å². The molecule has 3 nitrogen and oxygen atoms in total. The summed E-state index contributed by atoms with van der Waals surface area (Å²) in [6.45, 7) is 13.4. The smallest absolute Gasteiger partial charge is 0.227 e. The SMILES string of the molecule is C=C(CC(C)C)[n+]1ccc(CC2CC3CCC2CC3)cc1-c1c(CCC)ccc2c1oc1nc(C)ccc12. The Morgan fingerprint density at radius 3 is 2.58 bits per heavy atom. The van der Waals surface area contributed by atoms with Gasteiger partial charge in [0, 0.05) is 35.0 Å². The summed E-state index contributed by atoms with van der Waals surface area (Å²) in [5, 5.41) is 2.25. The Morgan fingerprint density at radius 1 is 1.08 bits per heavy atom. The van der Waals surface area contributed by atoms with Gasteiger partial charge < -0.3 is 4.42 Å². The summed E-state index contributed by atoms with van der Waals surface area (Å²) in [7, 11) is 0. The molecule has 2 bridgehead atoms. The number of benzene rings is 1. The first-order valence-corrected chi connectivity index (χ1v) is 15.0. The molecule has 3 fully saturated rings. The summed E-state index contributed by atoms with van der Waals surface area (Å²) in [4.78, 5) is 4.75. The highest BCUT2D eigenvalue weighted by Gasteiger charge is 2.36. The van der Waals surface area contributed by atoms with E-state index in [2.05, 4.69) is 74.5 Å². The number of hydrogen-bond donors (Lipinski definition) is 0. The van der Waals surface area contributed by atoms with Crippen LogP contribution in [0.2, 0.25) is 0 Å². The maximum Gasteiger partial charge on any atom is 0.227 e. The number of fused-ring (bicyclic) bond motifs is 6. The van der Waals surface area contributed by atoms with Gasteiger partial charge in [-0.15, -0.1) is 0 Å². The Bertz CT molecular complexity index is 1490. The predicted octanol–water partition coefficient (Wildman–Crippen LogP) is 9.08. The van der Waals surface area contributed by atoms with Crippen LogP contribution in [0.15, 0.2) is 53.6 Å². The van der Waals surface area contributed by atoms with Crippen molar-refractivity contribution < 1.29 is 8.98 Å². The van der Waals surface area contributed by atoms with Crippen molar-refractivity contribution in [2.24, 2.45) is 23.7 Å². The van der Waals surface area contributed by atoms with E-state index in [9.17, 15) is 0 Å². The molecule has 0 aliphatic heterocycles. The third kappa shape index (κ3) is 4.70. The lowest BCUT2D eigenvalue weighted by atomic mass is 9.63. The first-order chi connectivity index (χ1) is 18.4. The fraction of sp³-hybridized carbons (Fsp3) is 0.486. The Hall–Kier alpha value is -2.94. The molecule has 198 valence electrons. The van der Waals surface area contributed by atoms with Crippen LogP contribution in [0, 0.1) is 30.6 Å². The summed E-state index contributed by atoms with van der Waals surface area (Å²) < 4.78 is 8.94. The van der Waals surface area contributed by atoms with Crippen molar-refractivity contribution in [2.45, 2.75) is 85.5 Å². The van der Waals surface area contributed by atoms with E-state index in [0.717, 1.165) is 70.5 Å². The van der Waals surface area contributed by atoms with E-state index in [-0.39, 0.29) is 0 Å². The maximum atomic E-state index is 6.60. The molecule has 7 rings (SSSR count). The Balaban J connectivity index is 1.53. The average molecular weight is 508 g/mol. The molecule has 38 heavy (non-hydrogen) atoms. The Morgan fingerprint density at radius 2 is 1.87 bits per heavy atom. The van der Waals surface area contributed by atoms with E-state index >= 15 is 0 Å². The van der Waals surface area contributed by atoms with E-state index in [1.165, 1.54) is 60.9 Å². The van der Waals surface area contributed by atoms with Crippen molar-refractivity contribution in [3.63, 3.8) is 0 Å². The van der Waals surface area contributed by atoms with Crippen LogP contribution < -0.4 is 4.57 Å². The number of allylic oxidation sites excluding steroid dienone is 1.